The molecule has 0 radical (unpaired) electrons. The van der Waals surface area contributed by atoms with Gasteiger partial charge in [-0.05, 0) is 24.2 Å². The molecule has 0 unspecified atom stereocenters. The zero-order valence-corrected chi connectivity index (χ0v) is 13.5. The third-order valence-corrected chi connectivity index (χ3v) is 4.32. The number of nitrogens with two attached hydrogens (primary N) is 1. The first-order valence-electron chi connectivity index (χ1n) is 7.57. The number of ether oxygens (including phenoxy) is 2. The molecule has 0 aliphatic carbocycles. The van der Waals surface area contributed by atoms with Crippen molar-refractivity contribution < 1.29 is 14.3 Å². The fraction of sp³-hybridized carbons (Fsp3) is 0.375. The van der Waals surface area contributed by atoms with Gasteiger partial charge in [0.1, 0.15) is 5.69 Å². The van der Waals surface area contributed by atoms with E-state index in [-0.39, 0.29) is 5.91 Å². The minimum atomic E-state index is -0.184. The number of thiazole rings is 1. The highest BCUT2D eigenvalue weighted by molar-refractivity contribution is 7.09. The quantitative estimate of drug-likeness (QED) is 0.870. The maximum Gasteiger partial charge on any atom is 0.271 e. The summed E-state index contributed by atoms with van der Waals surface area (Å²) in [6, 6.07) is 5.71. The highest BCUT2D eigenvalue weighted by Gasteiger charge is 2.13. The van der Waals surface area contributed by atoms with Crippen LogP contribution in [0.4, 0.5) is 0 Å². The molecule has 0 atom stereocenters. The normalized spacial score (nSPS) is 13.4. The molecule has 0 bridgehead atoms. The molecule has 1 aromatic carbocycles. The fourth-order valence-corrected chi connectivity index (χ4v) is 3.04. The van der Waals surface area contributed by atoms with E-state index in [0.717, 1.165) is 28.5 Å². The molecule has 0 saturated carbocycles. The van der Waals surface area contributed by atoms with Crippen molar-refractivity contribution in [2.75, 3.05) is 19.8 Å². The van der Waals surface area contributed by atoms with Crippen molar-refractivity contribution in [3.63, 3.8) is 0 Å². The molecule has 0 spiro atoms. The maximum absolute atomic E-state index is 12.1. The third kappa shape index (κ3) is 4.00. The van der Waals surface area contributed by atoms with E-state index in [2.05, 4.69) is 10.3 Å². The number of rotatable bonds is 5. The molecule has 1 aliphatic rings. The van der Waals surface area contributed by atoms with E-state index in [4.69, 9.17) is 15.2 Å². The Morgan fingerprint density at radius 2 is 2.13 bits per heavy atom. The second-order valence-corrected chi connectivity index (χ2v) is 6.12. The molecule has 0 fully saturated rings. The number of hydrogen-bond acceptors (Lipinski definition) is 6. The summed E-state index contributed by atoms with van der Waals surface area (Å²) in [7, 11) is 0. The van der Waals surface area contributed by atoms with Gasteiger partial charge in [-0.1, -0.05) is 6.07 Å². The first kappa shape index (κ1) is 15.8. The van der Waals surface area contributed by atoms with Crippen LogP contribution in [0.2, 0.25) is 0 Å². The lowest BCUT2D eigenvalue weighted by Gasteiger charge is -2.09. The van der Waals surface area contributed by atoms with Crippen molar-refractivity contribution in [3.05, 3.63) is 39.8 Å². The van der Waals surface area contributed by atoms with Crippen LogP contribution in [0.1, 0.15) is 27.5 Å². The Morgan fingerprint density at radius 1 is 1.30 bits per heavy atom. The highest BCUT2D eigenvalue weighted by atomic mass is 32.1. The van der Waals surface area contributed by atoms with Gasteiger partial charge in [-0.2, -0.15) is 0 Å². The average molecular weight is 333 g/mol. The molecule has 7 heteroatoms. The number of nitrogens with one attached hydrogen (secondary N) is 1. The van der Waals surface area contributed by atoms with Crippen molar-refractivity contribution in [1.82, 2.24) is 10.3 Å². The van der Waals surface area contributed by atoms with Crippen LogP contribution in [-0.2, 0) is 13.0 Å². The van der Waals surface area contributed by atoms with E-state index in [9.17, 15) is 4.79 Å². The molecule has 0 saturated heterocycles. The Labute approximate surface area is 138 Å². The summed E-state index contributed by atoms with van der Waals surface area (Å²) in [6.45, 7) is 2.26. The minimum absolute atomic E-state index is 0.184. The van der Waals surface area contributed by atoms with Gasteiger partial charge in [0.05, 0.1) is 18.2 Å². The van der Waals surface area contributed by atoms with Crippen LogP contribution in [0.3, 0.4) is 0 Å². The number of benzene rings is 1. The molecule has 3 N–H and O–H groups in total. The number of hydrogen-bond donors (Lipinski definition) is 2. The lowest BCUT2D eigenvalue weighted by Crippen LogP contribution is -2.23. The van der Waals surface area contributed by atoms with Gasteiger partial charge in [-0.25, -0.2) is 4.98 Å². The Kier molecular flexibility index (Phi) is 5.09. The zero-order valence-electron chi connectivity index (χ0n) is 12.7. The van der Waals surface area contributed by atoms with Crippen molar-refractivity contribution in [1.29, 1.82) is 0 Å². The van der Waals surface area contributed by atoms with E-state index < -0.39 is 0 Å². The van der Waals surface area contributed by atoms with Crippen LogP contribution in [0, 0.1) is 0 Å². The molecule has 6 nitrogen and oxygen atoms in total. The molecular weight excluding hydrogens is 314 g/mol. The molecule has 1 aromatic heterocycles. The maximum atomic E-state index is 12.1. The molecule has 1 amide bonds. The lowest BCUT2D eigenvalue weighted by molar-refractivity contribution is 0.0946. The Bertz CT molecular complexity index is 687. The molecule has 2 heterocycles. The largest absolute Gasteiger partial charge is 0.490 e. The topological polar surface area (TPSA) is 86.5 Å². The number of amides is 1. The Hall–Kier alpha value is -2.12. The summed E-state index contributed by atoms with van der Waals surface area (Å²) in [5, 5.41) is 5.51. The zero-order chi connectivity index (χ0) is 16.1. The molecule has 122 valence electrons. The van der Waals surface area contributed by atoms with Crippen LogP contribution in [-0.4, -0.2) is 30.6 Å². The predicted molar refractivity (Wildman–Crippen MR) is 88.1 cm³/mol. The van der Waals surface area contributed by atoms with Crippen LogP contribution in [0.15, 0.2) is 23.6 Å². The lowest BCUT2D eigenvalue weighted by atomic mass is 10.2. The SMILES string of the molecule is NCCc1nc(C(=O)NCc2ccc3c(c2)OCCCO3)cs1. The fourth-order valence-electron chi connectivity index (χ4n) is 2.24. The summed E-state index contributed by atoms with van der Waals surface area (Å²) < 4.78 is 11.2. The Balaban J connectivity index is 1.61. The summed E-state index contributed by atoms with van der Waals surface area (Å²) in [5.41, 5.74) is 6.89. The van der Waals surface area contributed by atoms with E-state index in [1.807, 2.05) is 18.2 Å². The van der Waals surface area contributed by atoms with Crippen LogP contribution < -0.4 is 20.5 Å². The van der Waals surface area contributed by atoms with Crippen LogP contribution in [0.25, 0.3) is 0 Å². The monoisotopic (exact) mass is 333 g/mol. The van der Waals surface area contributed by atoms with Gasteiger partial charge >= 0.3 is 0 Å². The van der Waals surface area contributed by atoms with E-state index in [1.54, 1.807) is 5.38 Å². The minimum Gasteiger partial charge on any atom is -0.490 e. The smallest absolute Gasteiger partial charge is 0.271 e. The second kappa shape index (κ2) is 7.43. The van der Waals surface area contributed by atoms with Crippen LogP contribution in [0.5, 0.6) is 11.5 Å². The van der Waals surface area contributed by atoms with Gasteiger partial charge in [0.15, 0.2) is 11.5 Å². The van der Waals surface area contributed by atoms with E-state index in [0.29, 0.717) is 38.4 Å². The number of carbonyl (C=O) groups is 1. The number of fused-ring (bicyclic) bond motifs is 1. The van der Waals surface area contributed by atoms with Gasteiger partial charge in [0.2, 0.25) is 0 Å². The van der Waals surface area contributed by atoms with Gasteiger partial charge in [0.25, 0.3) is 5.91 Å². The van der Waals surface area contributed by atoms with Crippen molar-refractivity contribution >= 4 is 17.2 Å². The standard InChI is InChI=1S/C16H19N3O3S/c17-5-4-15-19-12(10-23-15)16(20)18-9-11-2-3-13-14(8-11)22-7-1-6-21-13/h2-3,8,10H,1,4-7,9,17H2,(H,18,20). The third-order valence-electron chi connectivity index (χ3n) is 3.41. The first-order chi connectivity index (χ1) is 11.3. The Morgan fingerprint density at radius 3 is 2.96 bits per heavy atom. The molecule has 3 rings (SSSR count). The summed E-state index contributed by atoms with van der Waals surface area (Å²) in [5.74, 6) is 1.30. The summed E-state index contributed by atoms with van der Waals surface area (Å²) >= 11 is 1.46. The van der Waals surface area contributed by atoms with E-state index >= 15 is 0 Å². The molecule has 23 heavy (non-hydrogen) atoms. The number of nitrogens with zero attached hydrogens (tertiary/aromatic N) is 1. The number of aromatic nitrogens is 1. The predicted octanol–water partition coefficient (Wildman–Crippen LogP) is 1.74. The van der Waals surface area contributed by atoms with Crippen molar-refractivity contribution in [2.24, 2.45) is 5.73 Å². The van der Waals surface area contributed by atoms with Gasteiger partial charge in [0, 0.05) is 24.8 Å². The summed E-state index contributed by atoms with van der Waals surface area (Å²) in [4.78, 5) is 16.4. The average Bonchev–Trinajstić information content (AvgIpc) is 2.90. The van der Waals surface area contributed by atoms with Crippen LogP contribution >= 0.6 is 11.3 Å². The molecule has 2 aromatic rings. The first-order valence-corrected chi connectivity index (χ1v) is 8.45. The van der Waals surface area contributed by atoms with E-state index in [1.165, 1.54) is 11.3 Å². The van der Waals surface area contributed by atoms with Gasteiger partial charge < -0.3 is 20.5 Å². The second-order valence-electron chi connectivity index (χ2n) is 5.18. The number of carbonyl (C=O) groups excluding carboxylic acids is 1. The molecule has 1 aliphatic heterocycles. The molecular formula is C16H19N3O3S. The highest BCUT2D eigenvalue weighted by Crippen LogP contribution is 2.30. The van der Waals surface area contributed by atoms with Gasteiger partial charge in [-0.3, -0.25) is 4.79 Å². The summed E-state index contributed by atoms with van der Waals surface area (Å²) in [6.07, 6.45) is 1.57. The van der Waals surface area contributed by atoms with Gasteiger partial charge in [-0.15, -0.1) is 11.3 Å². The van der Waals surface area contributed by atoms with Crippen molar-refractivity contribution in [2.45, 2.75) is 19.4 Å². The van der Waals surface area contributed by atoms with Crippen molar-refractivity contribution in [3.8, 4) is 11.5 Å².